The lowest BCUT2D eigenvalue weighted by Gasteiger charge is -2.26. The van der Waals surface area contributed by atoms with Gasteiger partial charge in [-0.15, -0.1) is 0 Å². The highest BCUT2D eigenvalue weighted by Gasteiger charge is 2.18. The van der Waals surface area contributed by atoms with Crippen molar-refractivity contribution in [3.05, 3.63) is 58.1 Å². The monoisotopic (exact) mass is 331 g/mol. The molecule has 0 saturated carbocycles. The molecule has 2 aromatic rings. The second-order valence-electron chi connectivity index (χ2n) is 5.23. The first kappa shape index (κ1) is 13.5. The zero-order chi connectivity index (χ0) is 13.9. The van der Waals surface area contributed by atoms with E-state index in [1.807, 2.05) is 0 Å². The van der Waals surface area contributed by atoms with E-state index in [9.17, 15) is 0 Å². The van der Waals surface area contributed by atoms with Crippen molar-refractivity contribution in [2.24, 2.45) is 0 Å². The molecule has 1 aliphatic carbocycles. The molecule has 0 amide bonds. The fourth-order valence-corrected chi connectivity index (χ4v) is 3.03. The number of hydrogen-bond acceptors (Lipinski definition) is 2. The lowest BCUT2D eigenvalue weighted by molar-refractivity contribution is 0.413. The molecule has 104 valence electrons. The molecule has 0 spiro atoms. The molecule has 3 rings (SSSR count). The van der Waals surface area contributed by atoms with Crippen LogP contribution in [0.1, 0.15) is 17.5 Å². The van der Waals surface area contributed by atoms with Gasteiger partial charge in [0.1, 0.15) is 5.75 Å². The molecule has 20 heavy (non-hydrogen) atoms. The third kappa shape index (κ3) is 2.98. The molecule has 1 unspecified atom stereocenters. The largest absolute Gasteiger partial charge is 0.497 e. The number of hydrogen-bond donors (Lipinski definition) is 1. The van der Waals surface area contributed by atoms with Gasteiger partial charge in [0.25, 0.3) is 0 Å². The second-order valence-corrected chi connectivity index (χ2v) is 6.14. The Kier molecular flexibility index (Phi) is 3.97. The summed E-state index contributed by atoms with van der Waals surface area (Å²) in [7, 11) is 1.72. The highest BCUT2D eigenvalue weighted by atomic mass is 79.9. The minimum atomic E-state index is 0.496. The van der Waals surface area contributed by atoms with E-state index in [1.165, 1.54) is 23.2 Å². The first-order chi connectivity index (χ1) is 9.74. The summed E-state index contributed by atoms with van der Waals surface area (Å²) in [4.78, 5) is 0. The van der Waals surface area contributed by atoms with Crippen LogP contribution in [0.15, 0.2) is 46.9 Å². The highest BCUT2D eigenvalue weighted by molar-refractivity contribution is 9.10. The molecular formula is C17H18BrNO. The van der Waals surface area contributed by atoms with Crippen molar-refractivity contribution < 1.29 is 4.74 Å². The van der Waals surface area contributed by atoms with E-state index < -0.39 is 0 Å². The molecule has 0 aliphatic heterocycles. The van der Waals surface area contributed by atoms with Crippen LogP contribution in [0.5, 0.6) is 5.75 Å². The Bertz CT molecular complexity index is 594. The molecule has 1 aliphatic rings. The third-order valence-electron chi connectivity index (χ3n) is 3.86. The molecule has 1 atom stereocenters. The maximum Gasteiger partial charge on any atom is 0.119 e. The van der Waals surface area contributed by atoms with Gasteiger partial charge in [-0.05, 0) is 66.8 Å². The first-order valence-corrected chi connectivity index (χ1v) is 7.72. The Labute approximate surface area is 128 Å². The number of methoxy groups -OCH3 is 1. The Balaban J connectivity index is 1.73. The number of anilines is 1. The fraction of sp³-hybridized carbons (Fsp3) is 0.294. The van der Waals surface area contributed by atoms with Crippen molar-refractivity contribution in [1.29, 1.82) is 0 Å². The summed E-state index contributed by atoms with van der Waals surface area (Å²) in [5.41, 5.74) is 4.05. The van der Waals surface area contributed by atoms with E-state index in [4.69, 9.17) is 4.74 Å². The second kappa shape index (κ2) is 5.88. The van der Waals surface area contributed by atoms with Crippen molar-refractivity contribution in [3.8, 4) is 5.75 Å². The van der Waals surface area contributed by atoms with Gasteiger partial charge in [-0.2, -0.15) is 0 Å². The molecule has 2 nitrogen and oxygen atoms in total. The highest BCUT2D eigenvalue weighted by Crippen LogP contribution is 2.27. The van der Waals surface area contributed by atoms with Crippen molar-refractivity contribution in [2.75, 3.05) is 12.4 Å². The topological polar surface area (TPSA) is 21.3 Å². The van der Waals surface area contributed by atoms with Gasteiger partial charge in [0, 0.05) is 16.2 Å². The van der Waals surface area contributed by atoms with E-state index in [0.717, 1.165) is 23.1 Å². The summed E-state index contributed by atoms with van der Waals surface area (Å²) >= 11 is 3.47. The predicted molar refractivity (Wildman–Crippen MR) is 86.6 cm³/mol. The number of rotatable bonds is 3. The van der Waals surface area contributed by atoms with E-state index in [-0.39, 0.29) is 0 Å². The fourth-order valence-electron chi connectivity index (χ4n) is 2.77. The summed E-state index contributed by atoms with van der Waals surface area (Å²) < 4.78 is 6.43. The molecular weight excluding hydrogens is 314 g/mol. The minimum Gasteiger partial charge on any atom is -0.497 e. The Morgan fingerprint density at radius 1 is 1.10 bits per heavy atom. The zero-order valence-electron chi connectivity index (χ0n) is 11.5. The van der Waals surface area contributed by atoms with E-state index in [1.54, 1.807) is 7.11 Å². The van der Waals surface area contributed by atoms with Gasteiger partial charge < -0.3 is 10.1 Å². The van der Waals surface area contributed by atoms with Gasteiger partial charge in [0.15, 0.2) is 0 Å². The van der Waals surface area contributed by atoms with Crippen LogP contribution in [0.3, 0.4) is 0 Å². The molecule has 0 aromatic heterocycles. The number of ether oxygens (including phenoxy) is 1. The summed E-state index contributed by atoms with van der Waals surface area (Å²) in [5, 5.41) is 3.62. The minimum absolute atomic E-state index is 0.496. The number of fused-ring (bicyclic) bond motifs is 1. The molecule has 0 radical (unpaired) electrons. The molecule has 3 heteroatoms. The first-order valence-electron chi connectivity index (χ1n) is 6.92. The van der Waals surface area contributed by atoms with E-state index in [0.29, 0.717) is 6.04 Å². The lowest BCUT2D eigenvalue weighted by Crippen LogP contribution is -2.27. The average molecular weight is 332 g/mol. The maximum absolute atomic E-state index is 5.32. The van der Waals surface area contributed by atoms with Crippen LogP contribution < -0.4 is 10.1 Å². The average Bonchev–Trinajstić information content (AvgIpc) is 2.49. The quantitative estimate of drug-likeness (QED) is 0.898. The van der Waals surface area contributed by atoms with Crippen LogP contribution in [-0.2, 0) is 12.8 Å². The maximum atomic E-state index is 5.32. The zero-order valence-corrected chi connectivity index (χ0v) is 13.1. The number of nitrogens with one attached hydrogen (secondary N) is 1. The van der Waals surface area contributed by atoms with Gasteiger partial charge in [-0.3, -0.25) is 0 Å². The Hall–Kier alpha value is -1.48. The van der Waals surface area contributed by atoms with Gasteiger partial charge in [-0.25, -0.2) is 0 Å². The normalized spacial score (nSPS) is 17.4. The van der Waals surface area contributed by atoms with Crippen LogP contribution in [0.4, 0.5) is 5.69 Å². The van der Waals surface area contributed by atoms with Crippen molar-refractivity contribution in [2.45, 2.75) is 25.3 Å². The standard InChI is InChI=1S/C17H18BrNO/c1-20-17-9-3-12-2-6-16(10-13(12)11-17)19-15-7-4-14(18)5-8-15/h3-5,7-9,11,16,19H,2,6,10H2,1H3. The molecule has 0 saturated heterocycles. The van der Waals surface area contributed by atoms with Crippen LogP contribution in [0, 0.1) is 0 Å². The Morgan fingerprint density at radius 3 is 2.65 bits per heavy atom. The molecule has 1 N–H and O–H groups in total. The third-order valence-corrected chi connectivity index (χ3v) is 4.39. The SMILES string of the molecule is COc1ccc2c(c1)CC(Nc1ccc(Br)cc1)CC2. The summed E-state index contributed by atoms with van der Waals surface area (Å²) in [6, 6.07) is 15.3. The van der Waals surface area contributed by atoms with Crippen LogP contribution in [0.2, 0.25) is 0 Å². The van der Waals surface area contributed by atoms with Crippen molar-refractivity contribution in [3.63, 3.8) is 0 Å². The lowest BCUT2D eigenvalue weighted by atomic mass is 9.88. The number of aryl methyl sites for hydroxylation is 1. The summed E-state index contributed by atoms with van der Waals surface area (Å²) in [6.07, 6.45) is 3.37. The van der Waals surface area contributed by atoms with Crippen molar-refractivity contribution in [1.82, 2.24) is 0 Å². The van der Waals surface area contributed by atoms with E-state index >= 15 is 0 Å². The molecule has 0 bridgehead atoms. The van der Waals surface area contributed by atoms with E-state index in [2.05, 4.69) is 63.7 Å². The predicted octanol–water partition coefficient (Wildman–Crippen LogP) is 4.43. The smallest absolute Gasteiger partial charge is 0.119 e. The number of halogens is 1. The van der Waals surface area contributed by atoms with Gasteiger partial charge in [0.05, 0.1) is 7.11 Å². The van der Waals surface area contributed by atoms with Gasteiger partial charge in [-0.1, -0.05) is 22.0 Å². The van der Waals surface area contributed by atoms with Crippen LogP contribution in [-0.4, -0.2) is 13.2 Å². The van der Waals surface area contributed by atoms with Gasteiger partial charge in [0.2, 0.25) is 0 Å². The van der Waals surface area contributed by atoms with Crippen LogP contribution in [0.25, 0.3) is 0 Å². The van der Waals surface area contributed by atoms with Crippen molar-refractivity contribution >= 4 is 21.6 Å². The molecule has 2 aromatic carbocycles. The Morgan fingerprint density at radius 2 is 1.90 bits per heavy atom. The number of benzene rings is 2. The van der Waals surface area contributed by atoms with Gasteiger partial charge >= 0.3 is 0 Å². The molecule has 0 heterocycles. The molecule has 0 fully saturated rings. The summed E-state index contributed by atoms with van der Waals surface area (Å²) in [5.74, 6) is 0.952. The summed E-state index contributed by atoms with van der Waals surface area (Å²) in [6.45, 7) is 0. The van der Waals surface area contributed by atoms with Crippen LogP contribution >= 0.6 is 15.9 Å².